The molecule has 0 saturated carbocycles. The Hall–Kier alpha value is -1.99. The second kappa shape index (κ2) is 6.64. The summed E-state index contributed by atoms with van der Waals surface area (Å²) in [4.78, 5) is 16.6. The van der Waals surface area contributed by atoms with Crippen molar-refractivity contribution in [1.29, 1.82) is 0 Å². The van der Waals surface area contributed by atoms with E-state index in [9.17, 15) is 18.0 Å². The van der Waals surface area contributed by atoms with Crippen molar-refractivity contribution in [1.82, 2.24) is 9.88 Å². The molecule has 2 rings (SSSR count). The van der Waals surface area contributed by atoms with Gasteiger partial charge in [0, 0.05) is 19.0 Å². The molecule has 1 aromatic heterocycles. The van der Waals surface area contributed by atoms with E-state index in [0.29, 0.717) is 24.4 Å². The zero-order valence-electron chi connectivity index (χ0n) is 13.1. The third kappa shape index (κ3) is 3.68. The molecule has 1 aliphatic heterocycles. The summed E-state index contributed by atoms with van der Waals surface area (Å²) in [6.45, 7) is 2.11. The van der Waals surface area contributed by atoms with Crippen LogP contribution in [0.15, 0.2) is 6.07 Å². The quantitative estimate of drug-likeness (QED) is 0.924. The first kappa shape index (κ1) is 17.4. The predicted octanol–water partition coefficient (Wildman–Crippen LogP) is 2.50. The molecule has 0 atom stereocenters. The third-order valence-corrected chi connectivity index (χ3v) is 4.11. The fourth-order valence-corrected chi connectivity index (χ4v) is 2.90. The summed E-state index contributed by atoms with van der Waals surface area (Å²) in [5.74, 6) is -1.45. The molecule has 1 saturated heterocycles. The number of halogens is 3. The van der Waals surface area contributed by atoms with Crippen LogP contribution in [-0.4, -0.2) is 42.2 Å². The molecule has 1 aromatic rings. The number of methoxy groups -OCH3 is 1. The summed E-state index contributed by atoms with van der Waals surface area (Å²) >= 11 is 0. The van der Waals surface area contributed by atoms with Crippen molar-refractivity contribution in [2.45, 2.75) is 38.3 Å². The van der Waals surface area contributed by atoms with Crippen LogP contribution in [-0.2, 0) is 11.2 Å². The van der Waals surface area contributed by atoms with E-state index in [0.717, 1.165) is 22.6 Å². The van der Waals surface area contributed by atoms with Gasteiger partial charge in [-0.3, -0.25) is 4.79 Å². The molecule has 2 N–H and O–H groups in total. The molecular weight excluding hydrogens is 311 g/mol. The fraction of sp³-hybridized carbons (Fsp3) is 0.600. The standard InChI is InChI=1S/C15H20F3N3O2/c1-3-9-8-11(19)13(23-2)20-12(9)10-4-6-21(7-5-10)14(22)15(16,17)18/h8,10H,3-7,19H2,1-2H3. The van der Waals surface area contributed by atoms with Crippen molar-refractivity contribution in [2.75, 3.05) is 25.9 Å². The highest BCUT2D eigenvalue weighted by Crippen LogP contribution is 2.34. The highest BCUT2D eigenvalue weighted by molar-refractivity contribution is 5.81. The van der Waals surface area contributed by atoms with Crippen molar-refractivity contribution in [2.24, 2.45) is 0 Å². The van der Waals surface area contributed by atoms with Crippen LogP contribution in [0.1, 0.15) is 36.9 Å². The number of carbonyl (C=O) groups is 1. The lowest BCUT2D eigenvalue weighted by Crippen LogP contribution is -2.45. The normalized spacial score (nSPS) is 16.5. The first-order chi connectivity index (χ1) is 10.8. The van der Waals surface area contributed by atoms with E-state index in [1.807, 2.05) is 6.92 Å². The lowest BCUT2D eigenvalue weighted by atomic mass is 9.89. The Morgan fingerprint density at radius 1 is 1.43 bits per heavy atom. The van der Waals surface area contributed by atoms with Crippen LogP contribution in [0.25, 0.3) is 0 Å². The van der Waals surface area contributed by atoms with Gasteiger partial charge in [0.25, 0.3) is 0 Å². The molecule has 0 unspecified atom stereocenters. The number of likely N-dealkylation sites (tertiary alicyclic amines) is 1. The van der Waals surface area contributed by atoms with Gasteiger partial charge in [-0.2, -0.15) is 13.2 Å². The number of carbonyl (C=O) groups excluding carboxylic acids is 1. The number of nitrogen functional groups attached to an aromatic ring is 1. The van der Waals surface area contributed by atoms with E-state index in [1.165, 1.54) is 7.11 Å². The zero-order chi connectivity index (χ0) is 17.2. The molecule has 1 fully saturated rings. The molecule has 1 aliphatic rings. The number of alkyl halides is 3. The molecule has 5 nitrogen and oxygen atoms in total. The molecule has 0 spiro atoms. The maximum Gasteiger partial charge on any atom is 0.471 e. The Balaban J connectivity index is 2.15. The summed E-state index contributed by atoms with van der Waals surface area (Å²) in [5.41, 5.74) is 8.06. The minimum absolute atomic E-state index is 0.00302. The fourth-order valence-electron chi connectivity index (χ4n) is 2.90. The number of aryl methyl sites for hydroxylation is 1. The lowest BCUT2D eigenvalue weighted by molar-refractivity contribution is -0.186. The third-order valence-electron chi connectivity index (χ3n) is 4.11. The molecular formula is C15H20F3N3O2. The van der Waals surface area contributed by atoms with Crippen LogP contribution in [0.5, 0.6) is 5.88 Å². The van der Waals surface area contributed by atoms with Gasteiger partial charge in [0.2, 0.25) is 5.88 Å². The minimum atomic E-state index is -4.82. The number of pyridine rings is 1. The van der Waals surface area contributed by atoms with Gasteiger partial charge in [0.1, 0.15) is 0 Å². The van der Waals surface area contributed by atoms with E-state index in [2.05, 4.69) is 4.98 Å². The predicted molar refractivity (Wildman–Crippen MR) is 79.2 cm³/mol. The number of anilines is 1. The number of amides is 1. The monoisotopic (exact) mass is 331 g/mol. The van der Waals surface area contributed by atoms with E-state index < -0.39 is 12.1 Å². The number of nitrogens with zero attached hydrogens (tertiary/aromatic N) is 2. The molecule has 8 heteroatoms. The number of rotatable bonds is 3. The van der Waals surface area contributed by atoms with E-state index >= 15 is 0 Å². The first-order valence-corrected chi connectivity index (χ1v) is 7.47. The number of aromatic nitrogens is 1. The van der Waals surface area contributed by atoms with E-state index in [4.69, 9.17) is 10.5 Å². The van der Waals surface area contributed by atoms with E-state index in [-0.39, 0.29) is 19.0 Å². The van der Waals surface area contributed by atoms with Crippen LogP contribution in [0.2, 0.25) is 0 Å². The van der Waals surface area contributed by atoms with Crippen molar-refractivity contribution in [3.05, 3.63) is 17.3 Å². The Kier molecular flexibility index (Phi) is 5.01. The van der Waals surface area contributed by atoms with Gasteiger partial charge < -0.3 is 15.4 Å². The highest BCUT2D eigenvalue weighted by atomic mass is 19.4. The van der Waals surface area contributed by atoms with Crippen LogP contribution >= 0.6 is 0 Å². The summed E-state index contributed by atoms with van der Waals surface area (Å²) in [6, 6.07) is 1.80. The van der Waals surface area contributed by atoms with Crippen molar-refractivity contribution < 1.29 is 22.7 Å². The number of nitrogens with two attached hydrogens (primary N) is 1. The van der Waals surface area contributed by atoms with Crippen molar-refractivity contribution >= 4 is 11.6 Å². The molecule has 23 heavy (non-hydrogen) atoms. The Labute approximate surface area is 132 Å². The van der Waals surface area contributed by atoms with Gasteiger partial charge >= 0.3 is 12.1 Å². The lowest BCUT2D eigenvalue weighted by Gasteiger charge is -2.33. The number of hydrogen-bond donors (Lipinski definition) is 1. The Morgan fingerprint density at radius 2 is 2.04 bits per heavy atom. The largest absolute Gasteiger partial charge is 0.480 e. The number of ether oxygens (including phenoxy) is 1. The van der Waals surface area contributed by atoms with Gasteiger partial charge in [-0.05, 0) is 30.9 Å². The Morgan fingerprint density at radius 3 is 2.52 bits per heavy atom. The topological polar surface area (TPSA) is 68.5 Å². The average molecular weight is 331 g/mol. The van der Waals surface area contributed by atoms with Crippen LogP contribution in [0.3, 0.4) is 0 Å². The average Bonchev–Trinajstić information content (AvgIpc) is 2.53. The maximum absolute atomic E-state index is 12.5. The molecule has 128 valence electrons. The SMILES string of the molecule is CCc1cc(N)c(OC)nc1C1CCN(C(=O)C(F)(F)F)CC1. The Bertz CT molecular complexity index is 582. The molecule has 0 aromatic carbocycles. The summed E-state index contributed by atoms with van der Waals surface area (Å²) < 4.78 is 42.6. The summed E-state index contributed by atoms with van der Waals surface area (Å²) in [7, 11) is 1.47. The number of hydrogen-bond acceptors (Lipinski definition) is 4. The molecule has 0 aliphatic carbocycles. The second-order valence-electron chi connectivity index (χ2n) is 5.55. The van der Waals surface area contributed by atoms with Gasteiger partial charge in [-0.15, -0.1) is 0 Å². The summed E-state index contributed by atoms with van der Waals surface area (Å²) in [5, 5.41) is 0. The first-order valence-electron chi connectivity index (χ1n) is 7.47. The minimum Gasteiger partial charge on any atom is -0.480 e. The van der Waals surface area contributed by atoms with Crippen LogP contribution in [0.4, 0.5) is 18.9 Å². The molecule has 1 amide bonds. The van der Waals surface area contributed by atoms with Crippen molar-refractivity contribution in [3.63, 3.8) is 0 Å². The molecule has 2 heterocycles. The molecule has 0 bridgehead atoms. The summed E-state index contributed by atoms with van der Waals surface area (Å²) in [6.07, 6.45) is -3.22. The number of piperidine rings is 1. The van der Waals surface area contributed by atoms with Gasteiger partial charge in [0.15, 0.2) is 0 Å². The smallest absolute Gasteiger partial charge is 0.471 e. The molecule has 0 radical (unpaired) electrons. The zero-order valence-corrected chi connectivity index (χ0v) is 13.1. The van der Waals surface area contributed by atoms with Crippen LogP contribution in [0, 0.1) is 0 Å². The van der Waals surface area contributed by atoms with E-state index in [1.54, 1.807) is 6.07 Å². The second-order valence-corrected chi connectivity index (χ2v) is 5.55. The maximum atomic E-state index is 12.5. The van der Waals surface area contributed by atoms with Crippen molar-refractivity contribution in [3.8, 4) is 5.88 Å². The van der Waals surface area contributed by atoms with Gasteiger partial charge in [-0.25, -0.2) is 4.98 Å². The van der Waals surface area contributed by atoms with Gasteiger partial charge in [0.05, 0.1) is 18.5 Å². The van der Waals surface area contributed by atoms with Crippen LogP contribution < -0.4 is 10.5 Å². The van der Waals surface area contributed by atoms with Gasteiger partial charge in [-0.1, -0.05) is 6.92 Å². The highest BCUT2D eigenvalue weighted by Gasteiger charge is 2.43.